The molecule has 0 amide bonds. The normalized spacial score (nSPS) is 32.9. The number of aromatic hydroxyl groups is 1. The Labute approximate surface area is 96.5 Å². The first-order valence-electron chi connectivity index (χ1n) is 6.31. The molecular weight excluding hydrogens is 198 g/mol. The molecule has 1 saturated carbocycles. The lowest BCUT2D eigenvalue weighted by Gasteiger charge is -2.46. The van der Waals surface area contributed by atoms with E-state index in [4.69, 9.17) is 5.73 Å². The molecule has 0 heterocycles. The van der Waals surface area contributed by atoms with E-state index in [9.17, 15) is 5.11 Å². The van der Waals surface area contributed by atoms with Crippen LogP contribution in [0.1, 0.15) is 43.2 Å². The summed E-state index contributed by atoms with van der Waals surface area (Å²) in [5.74, 6) is 0.977. The van der Waals surface area contributed by atoms with Gasteiger partial charge in [0, 0.05) is 5.54 Å². The van der Waals surface area contributed by atoms with Crippen molar-refractivity contribution in [2.24, 2.45) is 11.7 Å². The summed E-state index contributed by atoms with van der Waals surface area (Å²) in [7, 11) is 0. The van der Waals surface area contributed by atoms with Gasteiger partial charge >= 0.3 is 0 Å². The Morgan fingerprint density at radius 2 is 2.12 bits per heavy atom. The van der Waals surface area contributed by atoms with Gasteiger partial charge in [0.15, 0.2) is 0 Å². The number of phenols is 1. The monoisotopic (exact) mass is 217 g/mol. The van der Waals surface area contributed by atoms with Gasteiger partial charge in [0.05, 0.1) is 0 Å². The number of rotatable bonds is 0. The summed E-state index contributed by atoms with van der Waals surface area (Å²) in [5, 5.41) is 9.64. The second kappa shape index (κ2) is 3.49. The summed E-state index contributed by atoms with van der Waals surface area (Å²) >= 11 is 0. The van der Waals surface area contributed by atoms with Crippen LogP contribution in [0.25, 0.3) is 0 Å². The Hall–Kier alpha value is -1.02. The van der Waals surface area contributed by atoms with Crippen molar-refractivity contribution in [3.8, 4) is 5.75 Å². The summed E-state index contributed by atoms with van der Waals surface area (Å²) in [6, 6.07) is 5.72. The van der Waals surface area contributed by atoms with Crippen LogP contribution in [0.3, 0.4) is 0 Å². The van der Waals surface area contributed by atoms with E-state index in [-0.39, 0.29) is 5.54 Å². The van der Waals surface area contributed by atoms with Gasteiger partial charge in [-0.1, -0.05) is 18.9 Å². The van der Waals surface area contributed by atoms with Crippen LogP contribution in [-0.2, 0) is 12.0 Å². The second-order valence-corrected chi connectivity index (χ2v) is 5.36. The maximum Gasteiger partial charge on any atom is 0.115 e. The maximum absolute atomic E-state index is 9.64. The van der Waals surface area contributed by atoms with Crippen LogP contribution >= 0.6 is 0 Å². The predicted molar refractivity (Wildman–Crippen MR) is 64.3 cm³/mol. The minimum atomic E-state index is -0.162. The molecule has 2 nitrogen and oxygen atoms in total. The standard InChI is InChI=1S/C14H19NO/c15-14-8-2-1-3-11(14)6-4-10-5-7-12(16)9-13(10)14/h5,7,9,11,16H,1-4,6,8,15H2. The van der Waals surface area contributed by atoms with Crippen LogP contribution in [0, 0.1) is 5.92 Å². The van der Waals surface area contributed by atoms with Crippen molar-refractivity contribution in [1.82, 2.24) is 0 Å². The molecule has 0 saturated heterocycles. The first kappa shape index (κ1) is 10.2. The fraction of sp³-hybridized carbons (Fsp3) is 0.571. The molecule has 1 fully saturated rings. The molecule has 2 atom stereocenters. The third kappa shape index (κ3) is 1.36. The number of aryl methyl sites for hydroxylation is 1. The Balaban J connectivity index is 2.11. The number of fused-ring (bicyclic) bond motifs is 3. The van der Waals surface area contributed by atoms with Crippen LogP contribution in [0.5, 0.6) is 5.75 Å². The topological polar surface area (TPSA) is 46.2 Å². The zero-order valence-electron chi connectivity index (χ0n) is 9.58. The zero-order valence-corrected chi connectivity index (χ0v) is 9.58. The van der Waals surface area contributed by atoms with Crippen LogP contribution < -0.4 is 5.73 Å². The van der Waals surface area contributed by atoms with Gasteiger partial charge < -0.3 is 10.8 Å². The molecule has 86 valence electrons. The number of hydrogen-bond donors (Lipinski definition) is 2. The molecule has 2 aliphatic rings. The van der Waals surface area contributed by atoms with E-state index in [2.05, 4.69) is 0 Å². The molecule has 2 unspecified atom stereocenters. The van der Waals surface area contributed by atoms with Crippen molar-refractivity contribution in [1.29, 1.82) is 0 Å². The van der Waals surface area contributed by atoms with E-state index in [1.165, 1.54) is 36.8 Å². The summed E-state index contributed by atoms with van der Waals surface area (Å²) in [6.07, 6.45) is 7.22. The van der Waals surface area contributed by atoms with Gasteiger partial charge in [0.25, 0.3) is 0 Å². The third-order valence-corrected chi connectivity index (χ3v) is 4.48. The molecule has 16 heavy (non-hydrogen) atoms. The van der Waals surface area contributed by atoms with Crippen molar-refractivity contribution < 1.29 is 5.11 Å². The molecular formula is C14H19NO. The average molecular weight is 217 g/mol. The molecule has 0 radical (unpaired) electrons. The minimum Gasteiger partial charge on any atom is -0.508 e. The van der Waals surface area contributed by atoms with Crippen LogP contribution in [0.2, 0.25) is 0 Å². The van der Waals surface area contributed by atoms with Gasteiger partial charge in [-0.05, 0) is 54.9 Å². The number of phenolic OH excluding ortho intramolecular Hbond substituents is 1. The zero-order chi connectivity index (χ0) is 11.2. The number of nitrogens with two attached hydrogens (primary N) is 1. The van der Waals surface area contributed by atoms with Crippen LogP contribution in [0.15, 0.2) is 18.2 Å². The third-order valence-electron chi connectivity index (χ3n) is 4.48. The van der Waals surface area contributed by atoms with E-state index in [1.807, 2.05) is 12.1 Å². The Morgan fingerprint density at radius 3 is 3.00 bits per heavy atom. The Kier molecular flexibility index (Phi) is 2.21. The summed E-state index contributed by atoms with van der Waals surface area (Å²) < 4.78 is 0. The summed E-state index contributed by atoms with van der Waals surface area (Å²) in [5.41, 5.74) is 9.03. The molecule has 1 aromatic rings. The van der Waals surface area contributed by atoms with E-state index >= 15 is 0 Å². The van der Waals surface area contributed by atoms with Gasteiger partial charge in [0.1, 0.15) is 5.75 Å². The van der Waals surface area contributed by atoms with E-state index in [0.717, 1.165) is 12.8 Å². The maximum atomic E-state index is 9.64. The second-order valence-electron chi connectivity index (χ2n) is 5.36. The first-order valence-corrected chi connectivity index (χ1v) is 6.31. The molecule has 0 bridgehead atoms. The summed E-state index contributed by atoms with van der Waals surface area (Å²) in [6.45, 7) is 0. The highest BCUT2D eigenvalue weighted by Gasteiger charge is 2.42. The van der Waals surface area contributed by atoms with Crippen LogP contribution in [0.4, 0.5) is 0 Å². The SMILES string of the molecule is NC12CCCCC1CCc1ccc(O)cc12. The smallest absolute Gasteiger partial charge is 0.115 e. The fourth-order valence-electron chi connectivity index (χ4n) is 3.57. The molecule has 3 rings (SSSR count). The first-order chi connectivity index (χ1) is 7.70. The van der Waals surface area contributed by atoms with Gasteiger partial charge in [0.2, 0.25) is 0 Å². The van der Waals surface area contributed by atoms with E-state index in [1.54, 1.807) is 6.07 Å². The van der Waals surface area contributed by atoms with Gasteiger partial charge in [-0.2, -0.15) is 0 Å². The highest BCUT2D eigenvalue weighted by atomic mass is 16.3. The molecule has 0 spiro atoms. The largest absolute Gasteiger partial charge is 0.508 e. The van der Waals surface area contributed by atoms with Crippen molar-refractivity contribution in [3.63, 3.8) is 0 Å². The van der Waals surface area contributed by atoms with Gasteiger partial charge in [-0.15, -0.1) is 0 Å². The fourth-order valence-corrected chi connectivity index (χ4v) is 3.57. The molecule has 0 aromatic heterocycles. The van der Waals surface area contributed by atoms with E-state index in [0.29, 0.717) is 11.7 Å². The Bertz CT molecular complexity index is 415. The summed E-state index contributed by atoms with van der Waals surface area (Å²) in [4.78, 5) is 0. The quantitative estimate of drug-likeness (QED) is 0.702. The molecule has 1 aromatic carbocycles. The highest BCUT2D eigenvalue weighted by molar-refractivity contribution is 5.42. The lowest BCUT2D eigenvalue weighted by molar-refractivity contribution is 0.165. The molecule has 2 aliphatic carbocycles. The van der Waals surface area contributed by atoms with E-state index < -0.39 is 0 Å². The van der Waals surface area contributed by atoms with Crippen molar-refractivity contribution in [2.45, 2.75) is 44.1 Å². The average Bonchev–Trinajstić information content (AvgIpc) is 2.29. The molecule has 2 heteroatoms. The van der Waals surface area contributed by atoms with Crippen molar-refractivity contribution in [3.05, 3.63) is 29.3 Å². The highest BCUT2D eigenvalue weighted by Crippen LogP contribution is 2.47. The van der Waals surface area contributed by atoms with Gasteiger partial charge in [-0.3, -0.25) is 0 Å². The lowest BCUT2D eigenvalue weighted by Crippen LogP contribution is -2.49. The minimum absolute atomic E-state index is 0.162. The lowest BCUT2D eigenvalue weighted by atomic mass is 9.63. The number of hydrogen-bond acceptors (Lipinski definition) is 2. The number of benzene rings is 1. The van der Waals surface area contributed by atoms with Gasteiger partial charge in [-0.25, -0.2) is 0 Å². The molecule has 0 aliphatic heterocycles. The van der Waals surface area contributed by atoms with Crippen LogP contribution in [-0.4, -0.2) is 5.11 Å². The van der Waals surface area contributed by atoms with Crippen molar-refractivity contribution in [2.75, 3.05) is 0 Å². The Morgan fingerprint density at radius 1 is 1.25 bits per heavy atom. The molecule has 3 N–H and O–H groups in total. The predicted octanol–water partition coefficient (Wildman–Crippen LogP) is 2.68. The van der Waals surface area contributed by atoms with Crippen molar-refractivity contribution >= 4 is 0 Å².